The van der Waals surface area contributed by atoms with Crippen molar-refractivity contribution < 1.29 is 18.7 Å². The highest BCUT2D eigenvalue weighted by molar-refractivity contribution is 7.15. The Labute approximate surface area is 295 Å². The summed E-state index contributed by atoms with van der Waals surface area (Å²) in [6.45, 7) is 8.36. The van der Waals surface area contributed by atoms with Crippen LogP contribution in [0.4, 0.5) is 5.69 Å². The van der Waals surface area contributed by atoms with Gasteiger partial charge >= 0.3 is 5.91 Å². The van der Waals surface area contributed by atoms with Gasteiger partial charge in [0.2, 0.25) is 0 Å². The number of fused-ring (bicyclic) bond motifs is 1. The maximum atomic E-state index is 13.7. The van der Waals surface area contributed by atoms with Crippen molar-refractivity contribution in [2.75, 3.05) is 5.32 Å². The molecule has 0 radical (unpaired) electrons. The summed E-state index contributed by atoms with van der Waals surface area (Å²) < 4.78 is 16.0. The number of nitrogens with zero attached hydrogens (tertiary/aromatic N) is 3. The van der Waals surface area contributed by atoms with Crippen molar-refractivity contribution in [2.45, 2.75) is 60.0 Å². The fourth-order valence-electron chi connectivity index (χ4n) is 6.60. The number of thiophene rings is 1. The largest absolute Gasteiger partial charge is 0.486 e. The summed E-state index contributed by atoms with van der Waals surface area (Å²) in [4.78, 5) is 27.9. The third-order valence-corrected chi connectivity index (χ3v) is 10.4. The summed E-state index contributed by atoms with van der Waals surface area (Å²) >= 11 is 1.69. The van der Waals surface area contributed by atoms with Crippen molar-refractivity contribution >= 4 is 35.1 Å². The normalized spacial score (nSPS) is 12.6. The molecule has 10 heteroatoms. The van der Waals surface area contributed by atoms with Crippen LogP contribution in [0.5, 0.6) is 5.75 Å². The summed E-state index contributed by atoms with van der Waals surface area (Å²) in [5.74, 6) is 0.800. The first-order valence-corrected chi connectivity index (χ1v) is 17.6. The molecule has 9 nitrogen and oxygen atoms in total. The maximum Gasteiger partial charge on any atom is 0.307 e. The molecule has 7 rings (SSSR count). The molecule has 0 spiro atoms. The van der Waals surface area contributed by atoms with Gasteiger partial charge in [-0.25, -0.2) is 5.43 Å². The van der Waals surface area contributed by atoms with Gasteiger partial charge in [-0.15, -0.1) is 11.3 Å². The predicted octanol–water partition coefficient (Wildman–Crippen LogP) is 8.63. The van der Waals surface area contributed by atoms with Crippen LogP contribution in [-0.2, 0) is 19.4 Å². The second-order valence-electron chi connectivity index (χ2n) is 12.6. The number of carbonyl (C=O) groups excluding carboxylic acids is 2. The average molecular weight is 686 g/mol. The van der Waals surface area contributed by atoms with Gasteiger partial charge in [0.15, 0.2) is 5.76 Å². The number of aryl methyl sites for hydroxylation is 4. The number of benzene rings is 2. The molecule has 0 saturated carbocycles. The second-order valence-corrected chi connectivity index (χ2v) is 13.7. The molecule has 0 atom stereocenters. The van der Waals surface area contributed by atoms with Gasteiger partial charge in [0.05, 0.1) is 11.8 Å². The van der Waals surface area contributed by atoms with Crippen LogP contribution in [-0.4, -0.2) is 27.2 Å². The Bertz CT molecular complexity index is 2180. The first-order valence-electron chi connectivity index (χ1n) is 16.8. The molecule has 2 amide bonds. The van der Waals surface area contributed by atoms with E-state index in [9.17, 15) is 9.59 Å². The monoisotopic (exact) mass is 685 g/mol. The first-order chi connectivity index (χ1) is 24.3. The molecule has 4 heterocycles. The van der Waals surface area contributed by atoms with Crippen LogP contribution in [0.2, 0.25) is 0 Å². The number of nitrogens with one attached hydrogen (secondary N) is 2. The molecule has 0 unspecified atom stereocenters. The highest BCUT2D eigenvalue weighted by atomic mass is 32.1. The van der Waals surface area contributed by atoms with Gasteiger partial charge in [0.1, 0.15) is 23.1 Å². The van der Waals surface area contributed by atoms with Crippen LogP contribution in [0.25, 0.3) is 10.7 Å². The van der Waals surface area contributed by atoms with E-state index in [1.54, 1.807) is 29.7 Å². The summed E-state index contributed by atoms with van der Waals surface area (Å²) in [7, 11) is 0. The van der Waals surface area contributed by atoms with E-state index in [0.717, 1.165) is 70.1 Å². The fraction of sp³-hybridized carbons (Fsp3) is 0.225. The molecular formula is C40H39N5O4S. The molecule has 1 aliphatic rings. The molecule has 50 heavy (non-hydrogen) atoms. The average Bonchev–Trinajstić information content (AvgIpc) is 3.89. The second kappa shape index (κ2) is 14.1. The molecule has 0 aliphatic heterocycles. The Hall–Kier alpha value is -5.61. The molecule has 0 saturated heterocycles. The number of hydrogen-bond acceptors (Lipinski definition) is 6. The number of hydrazone groups is 1. The number of hydrogen-bond donors (Lipinski definition) is 2. The lowest BCUT2D eigenvalue weighted by Gasteiger charge is -2.14. The van der Waals surface area contributed by atoms with Gasteiger partial charge < -0.3 is 23.6 Å². The van der Waals surface area contributed by atoms with Gasteiger partial charge in [-0.1, -0.05) is 18.2 Å². The lowest BCUT2D eigenvalue weighted by molar-refractivity contribution is 0.0922. The van der Waals surface area contributed by atoms with Crippen LogP contribution < -0.4 is 15.5 Å². The zero-order chi connectivity index (χ0) is 34.8. The van der Waals surface area contributed by atoms with E-state index in [1.807, 2.05) is 74.5 Å². The molecule has 254 valence electrons. The molecular weight excluding hydrogens is 647 g/mol. The van der Waals surface area contributed by atoms with Gasteiger partial charge in [-0.3, -0.25) is 9.59 Å². The van der Waals surface area contributed by atoms with E-state index in [0.29, 0.717) is 11.5 Å². The Morgan fingerprint density at radius 3 is 2.36 bits per heavy atom. The highest BCUT2D eigenvalue weighted by Crippen LogP contribution is 2.39. The third kappa shape index (κ3) is 6.66. The number of rotatable bonds is 10. The van der Waals surface area contributed by atoms with Crippen molar-refractivity contribution in [3.8, 4) is 16.4 Å². The number of amides is 2. The quantitative estimate of drug-likeness (QED) is 0.111. The molecule has 1 aliphatic carbocycles. The number of furan rings is 1. The Balaban J connectivity index is 1.01. The fourth-order valence-corrected chi connectivity index (χ4v) is 8.10. The molecule has 2 N–H and O–H groups in total. The minimum Gasteiger partial charge on any atom is -0.486 e. The number of anilines is 1. The van der Waals surface area contributed by atoms with Crippen LogP contribution in [0.3, 0.4) is 0 Å². The van der Waals surface area contributed by atoms with E-state index in [2.05, 4.69) is 51.0 Å². The van der Waals surface area contributed by atoms with E-state index >= 15 is 0 Å². The van der Waals surface area contributed by atoms with Crippen molar-refractivity contribution in [1.82, 2.24) is 14.6 Å². The molecule has 2 aromatic carbocycles. The van der Waals surface area contributed by atoms with E-state index in [-0.39, 0.29) is 18.3 Å². The van der Waals surface area contributed by atoms with Crippen LogP contribution in [0.15, 0.2) is 94.4 Å². The first kappa shape index (κ1) is 32.9. The highest BCUT2D eigenvalue weighted by Gasteiger charge is 2.28. The lowest BCUT2D eigenvalue weighted by atomic mass is 9.95. The zero-order valence-corrected chi connectivity index (χ0v) is 29.4. The molecule has 6 aromatic rings. The Morgan fingerprint density at radius 1 is 0.860 bits per heavy atom. The molecule has 0 fully saturated rings. The SMILES string of the molecule is Cc1ccc(C)n1-c1ccc(OCc2ccc(C(=O)N/N=C/c3cc(C)n(-c4sc5c(c4C(=O)Nc4ccccc4)CCCC5)c3C)o2)cc1. The van der Waals surface area contributed by atoms with Crippen molar-refractivity contribution in [3.63, 3.8) is 0 Å². The molecule has 0 bridgehead atoms. The van der Waals surface area contributed by atoms with Crippen LogP contribution >= 0.6 is 11.3 Å². The molecule has 4 aromatic heterocycles. The number of aromatic nitrogens is 2. The minimum absolute atomic E-state index is 0.0975. The summed E-state index contributed by atoms with van der Waals surface area (Å²) in [5.41, 5.74) is 11.4. The summed E-state index contributed by atoms with van der Waals surface area (Å²) in [6, 6.07) is 27.0. The van der Waals surface area contributed by atoms with E-state index < -0.39 is 5.91 Å². The van der Waals surface area contributed by atoms with Gasteiger partial charge in [0, 0.05) is 44.6 Å². The maximum absolute atomic E-state index is 13.7. The third-order valence-electron chi connectivity index (χ3n) is 9.09. The lowest BCUT2D eigenvalue weighted by Crippen LogP contribution is -2.17. The van der Waals surface area contributed by atoms with Crippen LogP contribution in [0, 0.1) is 27.7 Å². The van der Waals surface area contributed by atoms with Crippen molar-refractivity contribution in [1.29, 1.82) is 0 Å². The number of carbonyl (C=O) groups is 2. The van der Waals surface area contributed by atoms with Crippen molar-refractivity contribution in [2.24, 2.45) is 5.10 Å². The van der Waals surface area contributed by atoms with Gasteiger partial charge in [-0.2, -0.15) is 5.10 Å². The van der Waals surface area contributed by atoms with Crippen molar-refractivity contribution in [3.05, 3.63) is 141 Å². The van der Waals surface area contributed by atoms with Crippen LogP contribution in [0.1, 0.15) is 78.3 Å². The van der Waals surface area contributed by atoms with E-state index in [4.69, 9.17) is 9.15 Å². The smallest absolute Gasteiger partial charge is 0.307 e. The van der Waals surface area contributed by atoms with E-state index in [1.165, 1.54) is 16.3 Å². The van der Waals surface area contributed by atoms with Gasteiger partial charge in [-0.05, 0) is 126 Å². The summed E-state index contributed by atoms with van der Waals surface area (Å²) in [6.07, 6.45) is 5.70. The Morgan fingerprint density at radius 2 is 1.60 bits per heavy atom. The Kier molecular flexibility index (Phi) is 9.27. The predicted molar refractivity (Wildman–Crippen MR) is 198 cm³/mol. The number of ether oxygens (including phenoxy) is 1. The standard InChI is InChI=1S/C40H39N5O4S/c1-25-14-15-26(2)44(25)31-16-18-32(19-17-31)48-24-33-20-21-35(49-33)38(46)43-41-23-29-22-27(3)45(28(29)4)40-37(34-12-8-9-13-36(34)50-40)39(47)42-30-10-6-5-7-11-30/h5-7,10-11,14-23H,8-9,12-13,24H2,1-4H3,(H,42,47)(H,43,46)/b41-23+. The summed E-state index contributed by atoms with van der Waals surface area (Å²) in [5, 5.41) is 8.26. The minimum atomic E-state index is -0.464. The number of para-hydroxylation sites is 1. The zero-order valence-electron chi connectivity index (χ0n) is 28.6. The van der Waals surface area contributed by atoms with Gasteiger partial charge in [0.25, 0.3) is 5.91 Å². The topological polar surface area (TPSA) is 103 Å².